The molecule has 0 aliphatic carbocycles. The van der Waals surface area contributed by atoms with Gasteiger partial charge in [-0.05, 0) is 12.8 Å². The van der Waals surface area contributed by atoms with Gasteiger partial charge in [-0.25, -0.2) is 9.59 Å². The molecule has 0 aromatic heterocycles. The first-order valence-electron chi connectivity index (χ1n) is 5.49. The van der Waals surface area contributed by atoms with Crippen molar-refractivity contribution in [3.05, 3.63) is 0 Å². The van der Waals surface area contributed by atoms with E-state index in [1.807, 2.05) is 0 Å². The van der Waals surface area contributed by atoms with Crippen molar-refractivity contribution in [3.63, 3.8) is 0 Å². The van der Waals surface area contributed by atoms with Gasteiger partial charge in [0, 0.05) is 0 Å². The summed E-state index contributed by atoms with van der Waals surface area (Å²) in [5.41, 5.74) is 3.10. The summed E-state index contributed by atoms with van der Waals surface area (Å²) in [6.07, 6.45) is -0.363. The predicted molar refractivity (Wildman–Crippen MR) is 65.4 cm³/mol. The number of carboxylic acids is 1. The third-order valence-corrected chi connectivity index (χ3v) is 3.40. The van der Waals surface area contributed by atoms with Gasteiger partial charge < -0.3 is 10.2 Å². The van der Waals surface area contributed by atoms with Gasteiger partial charge >= 0.3 is 12.1 Å². The molecular formula is C11H17NO4Si. The summed E-state index contributed by atoms with van der Waals surface area (Å²) in [6, 6.07) is -1.42. The third kappa shape index (κ3) is 3.49. The first kappa shape index (κ1) is 13.6. The molecule has 1 aliphatic heterocycles. The molecule has 0 radical (unpaired) electrons. The number of carbonyl (C=O) groups is 2. The van der Waals surface area contributed by atoms with Crippen molar-refractivity contribution >= 4 is 20.1 Å². The number of amides is 1. The smallest absolute Gasteiger partial charge is 0.409 e. The first-order chi connectivity index (χ1) is 7.72. The van der Waals surface area contributed by atoms with Crippen LogP contribution in [0.5, 0.6) is 0 Å². The Hall–Kier alpha value is -1.48. The van der Waals surface area contributed by atoms with Gasteiger partial charge in [0.05, 0.1) is 6.04 Å². The number of carboxylic acid groups (broad SMARTS) is 2. The number of rotatable bonds is 1. The molecule has 1 aliphatic rings. The zero-order chi connectivity index (χ0) is 13.2. The Labute approximate surface area is 101 Å². The molecule has 0 bridgehead atoms. The van der Waals surface area contributed by atoms with Crippen LogP contribution in [0.25, 0.3) is 0 Å². The number of likely N-dealkylation sites (tertiary alicyclic amines) is 1. The monoisotopic (exact) mass is 255 g/mol. The van der Waals surface area contributed by atoms with Crippen LogP contribution in [0.1, 0.15) is 12.8 Å². The van der Waals surface area contributed by atoms with E-state index in [1.165, 1.54) is 0 Å². The van der Waals surface area contributed by atoms with E-state index < -0.39 is 32.2 Å². The summed E-state index contributed by atoms with van der Waals surface area (Å²) in [5.74, 6) is 1.84. The molecule has 5 nitrogen and oxygen atoms in total. The molecule has 1 rings (SSSR count). The molecule has 1 saturated heterocycles. The van der Waals surface area contributed by atoms with Crippen molar-refractivity contribution in [3.8, 4) is 11.5 Å². The minimum absolute atomic E-state index is 0.340. The van der Waals surface area contributed by atoms with E-state index in [0.29, 0.717) is 12.8 Å². The van der Waals surface area contributed by atoms with E-state index in [1.54, 1.807) is 0 Å². The lowest BCUT2D eigenvalue weighted by molar-refractivity contribution is -0.141. The highest BCUT2D eigenvalue weighted by Crippen LogP contribution is 2.24. The van der Waals surface area contributed by atoms with Gasteiger partial charge in [0.25, 0.3) is 0 Å². The van der Waals surface area contributed by atoms with Gasteiger partial charge in [-0.15, -0.1) is 5.54 Å². The van der Waals surface area contributed by atoms with Crippen molar-refractivity contribution in [1.29, 1.82) is 0 Å². The third-order valence-electron chi connectivity index (χ3n) is 2.50. The second-order valence-electron chi connectivity index (χ2n) is 5.16. The maximum Gasteiger partial charge on any atom is 0.409 e. The maximum absolute atomic E-state index is 11.1. The predicted octanol–water partition coefficient (Wildman–Crippen LogP) is 1.46. The lowest BCUT2D eigenvalue weighted by atomic mass is 10.2. The van der Waals surface area contributed by atoms with Crippen LogP contribution in [-0.2, 0) is 4.79 Å². The molecule has 2 N–H and O–H groups in total. The molecule has 0 aromatic carbocycles. The van der Waals surface area contributed by atoms with E-state index in [0.717, 1.165) is 4.90 Å². The molecule has 2 atom stereocenters. The fourth-order valence-corrected chi connectivity index (χ4v) is 2.36. The number of hydrogen-bond donors (Lipinski definition) is 2. The lowest BCUT2D eigenvalue weighted by Gasteiger charge is -2.21. The van der Waals surface area contributed by atoms with Crippen LogP contribution in [0.15, 0.2) is 0 Å². The summed E-state index contributed by atoms with van der Waals surface area (Å²) >= 11 is 0. The van der Waals surface area contributed by atoms with Crippen molar-refractivity contribution in [2.45, 2.75) is 44.6 Å². The molecule has 94 valence electrons. The standard InChI is InChI=1S/C11H17NO4Si/c1-17(2,3)7-6-8-4-5-9(10(13)14)12(8)11(15)16/h8-9H,4-5H2,1-3H3,(H,13,14)(H,15,16)/t8-,9-/m0/s1. The SMILES string of the molecule is C[Si](C)(C)C#C[C@@H]1CC[C@@H](C(=O)O)N1C(=O)O. The topological polar surface area (TPSA) is 77.8 Å². The summed E-state index contributed by atoms with van der Waals surface area (Å²) in [6.45, 7) is 6.19. The van der Waals surface area contributed by atoms with Gasteiger partial charge in [-0.3, -0.25) is 4.90 Å². The molecular weight excluding hydrogens is 238 g/mol. The zero-order valence-electron chi connectivity index (χ0n) is 10.2. The van der Waals surface area contributed by atoms with Crippen molar-refractivity contribution in [2.75, 3.05) is 0 Å². The highest BCUT2D eigenvalue weighted by molar-refractivity contribution is 6.83. The fraction of sp³-hybridized carbons (Fsp3) is 0.636. The molecule has 1 fully saturated rings. The average Bonchev–Trinajstić information content (AvgIpc) is 2.56. The Bertz CT molecular complexity index is 391. The van der Waals surface area contributed by atoms with E-state index >= 15 is 0 Å². The Morgan fingerprint density at radius 3 is 2.24 bits per heavy atom. The molecule has 0 aromatic rings. The van der Waals surface area contributed by atoms with E-state index in [4.69, 9.17) is 10.2 Å². The summed E-state index contributed by atoms with van der Waals surface area (Å²) in [4.78, 5) is 22.9. The van der Waals surface area contributed by atoms with Gasteiger partial charge in [-0.1, -0.05) is 25.6 Å². The van der Waals surface area contributed by atoms with Crippen LogP contribution in [0.2, 0.25) is 19.6 Å². The molecule has 1 heterocycles. The highest BCUT2D eigenvalue weighted by Gasteiger charge is 2.40. The minimum atomic E-state index is -1.57. The van der Waals surface area contributed by atoms with Crippen LogP contribution in [0, 0.1) is 11.5 Å². The highest BCUT2D eigenvalue weighted by atomic mass is 28.3. The van der Waals surface area contributed by atoms with Gasteiger partial charge in [0.15, 0.2) is 0 Å². The molecule has 6 heteroatoms. The number of aliphatic carboxylic acids is 1. The fourth-order valence-electron chi connectivity index (χ4n) is 1.76. The summed E-state index contributed by atoms with van der Waals surface area (Å²) in [5, 5.41) is 18.0. The van der Waals surface area contributed by atoms with Crippen molar-refractivity contribution < 1.29 is 19.8 Å². The molecule has 0 spiro atoms. The first-order valence-corrected chi connectivity index (χ1v) is 8.99. The largest absolute Gasteiger partial charge is 0.480 e. The van der Waals surface area contributed by atoms with E-state index in [2.05, 4.69) is 31.1 Å². The molecule has 0 saturated carbocycles. The van der Waals surface area contributed by atoms with Crippen molar-refractivity contribution in [2.24, 2.45) is 0 Å². The average molecular weight is 255 g/mol. The maximum atomic E-state index is 11.1. The summed E-state index contributed by atoms with van der Waals surface area (Å²) < 4.78 is 0. The Morgan fingerprint density at radius 1 is 1.24 bits per heavy atom. The van der Waals surface area contributed by atoms with Crippen LogP contribution in [0.4, 0.5) is 4.79 Å². The van der Waals surface area contributed by atoms with Crippen LogP contribution < -0.4 is 0 Å². The quantitative estimate of drug-likeness (QED) is 0.549. The number of nitrogens with zero attached hydrogens (tertiary/aromatic N) is 1. The Morgan fingerprint density at radius 2 is 1.82 bits per heavy atom. The van der Waals surface area contributed by atoms with Gasteiger partial charge in [0.1, 0.15) is 14.1 Å². The Kier molecular flexibility index (Phi) is 3.83. The Balaban J connectivity index is 2.90. The second kappa shape index (κ2) is 4.80. The second-order valence-corrected chi connectivity index (χ2v) is 9.91. The van der Waals surface area contributed by atoms with Crippen LogP contribution in [-0.4, -0.2) is 47.3 Å². The molecule has 17 heavy (non-hydrogen) atoms. The molecule has 1 amide bonds. The van der Waals surface area contributed by atoms with Crippen molar-refractivity contribution in [1.82, 2.24) is 4.90 Å². The van der Waals surface area contributed by atoms with Crippen LogP contribution >= 0.6 is 0 Å². The number of hydrogen-bond acceptors (Lipinski definition) is 2. The van der Waals surface area contributed by atoms with Gasteiger partial charge in [-0.2, -0.15) is 0 Å². The summed E-state index contributed by atoms with van der Waals surface area (Å²) in [7, 11) is -1.57. The normalized spacial score (nSPS) is 24.1. The molecule has 0 unspecified atom stereocenters. The zero-order valence-corrected chi connectivity index (χ0v) is 11.2. The lowest BCUT2D eigenvalue weighted by Crippen LogP contribution is -2.43. The van der Waals surface area contributed by atoms with E-state index in [9.17, 15) is 9.59 Å². The van der Waals surface area contributed by atoms with Gasteiger partial charge in [0.2, 0.25) is 0 Å². The van der Waals surface area contributed by atoms with E-state index in [-0.39, 0.29) is 0 Å². The van der Waals surface area contributed by atoms with Crippen LogP contribution in [0.3, 0.4) is 0 Å². The minimum Gasteiger partial charge on any atom is -0.480 e.